The largest absolute Gasteiger partial charge is 0.309 e. The van der Waals surface area contributed by atoms with Crippen LogP contribution in [0.15, 0.2) is 255 Å². The molecular weight excluding hydrogens is 831 g/mol. The third-order valence-corrected chi connectivity index (χ3v) is 15.6. The van der Waals surface area contributed by atoms with Gasteiger partial charge in [0, 0.05) is 22.4 Å². The molecule has 1 atom stereocenters. The molecule has 12 aromatic rings. The summed E-state index contributed by atoms with van der Waals surface area (Å²) in [7, 11) is 0. The fourth-order valence-electron chi connectivity index (χ4n) is 12.6. The van der Waals surface area contributed by atoms with Gasteiger partial charge in [-0.3, -0.25) is 0 Å². The monoisotopic (exact) mass is 877 g/mol. The molecule has 0 saturated heterocycles. The van der Waals surface area contributed by atoms with E-state index < -0.39 is 0 Å². The van der Waals surface area contributed by atoms with E-state index in [0.29, 0.717) is 0 Å². The van der Waals surface area contributed by atoms with Crippen LogP contribution in [0.2, 0.25) is 0 Å². The van der Waals surface area contributed by atoms with Crippen LogP contribution in [0.25, 0.3) is 82.8 Å². The lowest BCUT2D eigenvalue weighted by Gasteiger charge is -2.32. The summed E-state index contributed by atoms with van der Waals surface area (Å²) in [6, 6.07) is 95.4. The van der Waals surface area contributed by atoms with E-state index in [4.69, 9.17) is 0 Å². The van der Waals surface area contributed by atoms with Crippen molar-refractivity contribution in [1.82, 2.24) is 4.57 Å². The van der Waals surface area contributed by atoms with Gasteiger partial charge >= 0.3 is 0 Å². The Bertz CT molecular complexity index is 3820. The molecule has 0 N–H and O–H groups in total. The summed E-state index contributed by atoms with van der Waals surface area (Å²) in [5, 5.41) is 5.11. The summed E-state index contributed by atoms with van der Waals surface area (Å²) < 4.78 is 2.39. The molecule has 1 unspecified atom stereocenters. The summed E-state index contributed by atoms with van der Waals surface area (Å²) in [5.41, 5.74) is 23.3. The number of rotatable bonds is 8. The van der Waals surface area contributed by atoms with Gasteiger partial charge in [0.05, 0.1) is 16.4 Å². The maximum absolute atomic E-state index is 2.42. The Morgan fingerprint density at radius 1 is 0.333 bits per heavy atom. The first-order valence-corrected chi connectivity index (χ1v) is 24.4. The number of hydrogen-bond donors (Lipinski definition) is 0. The van der Waals surface area contributed by atoms with Gasteiger partial charge in [0.25, 0.3) is 0 Å². The second-order valence-electron chi connectivity index (χ2n) is 19.0. The van der Waals surface area contributed by atoms with Crippen molar-refractivity contribution in [2.75, 3.05) is 0 Å². The standard InChI is InChI=1S/C68H47N/c1-2-18-54-47(15-1)16-13-24-55(54)50-37-35-49(36-38-50)53(48-33-31-45(32-34-48)46-39-42-52(43-40-46)69-65-29-11-6-22-59(65)60-23-7-12-30-66(60)69)44-41-51-17-14-25-61-58-21-5-10-28-64(58)68(67(51)61)62-26-8-3-19-56(62)57-20-4-9-27-63(57)68/h1-40,42-43,53H,41,44H2. The number of para-hydroxylation sites is 2. The Morgan fingerprint density at radius 3 is 1.38 bits per heavy atom. The highest BCUT2D eigenvalue weighted by Gasteiger charge is 2.52. The van der Waals surface area contributed by atoms with E-state index in [9.17, 15) is 0 Å². The summed E-state index contributed by atoms with van der Waals surface area (Å²) in [4.78, 5) is 0. The van der Waals surface area contributed by atoms with Crippen LogP contribution in [-0.4, -0.2) is 4.57 Å². The highest BCUT2D eigenvalue weighted by atomic mass is 15.0. The van der Waals surface area contributed by atoms with E-state index in [-0.39, 0.29) is 11.3 Å². The van der Waals surface area contributed by atoms with Crippen molar-refractivity contribution in [2.24, 2.45) is 0 Å². The molecule has 1 heteroatoms. The lowest BCUT2D eigenvalue weighted by Crippen LogP contribution is -2.27. The van der Waals surface area contributed by atoms with Crippen molar-refractivity contribution >= 4 is 32.6 Å². The van der Waals surface area contributed by atoms with Gasteiger partial charge in [-0.1, -0.05) is 231 Å². The summed E-state index contributed by atoms with van der Waals surface area (Å²) in [5.74, 6) is 0.178. The van der Waals surface area contributed by atoms with Crippen LogP contribution in [0.5, 0.6) is 0 Å². The molecule has 0 bridgehead atoms. The van der Waals surface area contributed by atoms with E-state index in [1.54, 1.807) is 0 Å². The molecule has 0 saturated carbocycles. The predicted molar refractivity (Wildman–Crippen MR) is 289 cm³/mol. The Balaban J connectivity index is 0.850. The average Bonchev–Trinajstić information content (AvgIpc) is 4.04. The maximum Gasteiger partial charge on any atom is 0.0728 e. The molecule has 1 aromatic heterocycles. The molecule has 11 aromatic carbocycles. The summed E-state index contributed by atoms with van der Waals surface area (Å²) in [6.07, 6.45) is 1.90. The highest BCUT2D eigenvalue weighted by Crippen LogP contribution is 2.63. The molecule has 1 heterocycles. The fourth-order valence-corrected chi connectivity index (χ4v) is 12.6. The van der Waals surface area contributed by atoms with Crippen molar-refractivity contribution in [1.29, 1.82) is 0 Å². The Kier molecular flexibility index (Phi) is 9.07. The summed E-state index contributed by atoms with van der Waals surface area (Å²) in [6.45, 7) is 0. The summed E-state index contributed by atoms with van der Waals surface area (Å²) >= 11 is 0. The zero-order valence-electron chi connectivity index (χ0n) is 38.2. The van der Waals surface area contributed by atoms with Gasteiger partial charge in [-0.05, 0) is 131 Å². The van der Waals surface area contributed by atoms with E-state index >= 15 is 0 Å². The maximum atomic E-state index is 2.42. The first-order valence-electron chi connectivity index (χ1n) is 24.4. The SMILES string of the molecule is c1ccc2c(c1)-c1ccccc1C21c2ccccc2-c2cccc(CCC(c3ccc(-c4ccc(-n5c6ccccc6c6ccccc65)cc4)cc3)c3ccc(-c4cccc5ccccc45)cc3)c21. The van der Waals surface area contributed by atoms with Crippen LogP contribution in [0.3, 0.4) is 0 Å². The third kappa shape index (κ3) is 6.03. The first kappa shape index (κ1) is 39.6. The molecule has 1 spiro atoms. The number of benzene rings is 11. The molecule has 2 aliphatic rings. The fraction of sp³-hybridized carbons (Fsp3) is 0.0588. The van der Waals surface area contributed by atoms with Gasteiger partial charge in [-0.2, -0.15) is 0 Å². The molecule has 69 heavy (non-hydrogen) atoms. The Labute approximate surface area is 403 Å². The lowest BCUT2D eigenvalue weighted by atomic mass is 9.68. The van der Waals surface area contributed by atoms with Crippen LogP contribution >= 0.6 is 0 Å². The van der Waals surface area contributed by atoms with Crippen molar-refractivity contribution in [3.05, 3.63) is 294 Å². The molecule has 324 valence electrons. The van der Waals surface area contributed by atoms with Gasteiger partial charge in [0.15, 0.2) is 0 Å². The van der Waals surface area contributed by atoms with E-state index in [1.165, 1.54) is 122 Å². The molecule has 1 nitrogen and oxygen atoms in total. The quantitative estimate of drug-likeness (QED) is 0.143. The van der Waals surface area contributed by atoms with Crippen molar-refractivity contribution in [2.45, 2.75) is 24.2 Å². The van der Waals surface area contributed by atoms with Gasteiger partial charge in [0.2, 0.25) is 0 Å². The van der Waals surface area contributed by atoms with E-state index in [0.717, 1.165) is 12.8 Å². The topological polar surface area (TPSA) is 4.93 Å². The molecule has 0 aliphatic heterocycles. The zero-order chi connectivity index (χ0) is 45.5. The Morgan fingerprint density at radius 2 is 0.768 bits per heavy atom. The lowest BCUT2D eigenvalue weighted by molar-refractivity contribution is 0.698. The van der Waals surface area contributed by atoms with Crippen LogP contribution in [-0.2, 0) is 11.8 Å². The van der Waals surface area contributed by atoms with Crippen LogP contribution in [0.1, 0.15) is 51.3 Å². The van der Waals surface area contributed by atoms with E-state index in [1.807, 2.05) is 0 Å². The van der Waals surface area contributed by atoms with Gasteiger partial charge in [-0.15, -0.1) is 0 Å². The average molecular weight is 878 g/mol. The molecule has 0 radical (unpaired) electrons. The zero-order valence-corrected chi connectivity index (χ0v) is 38.2. The third-order valence-electron chi connectivity index (χ3n) is 15.6. The van der Waals surface area contributed by atoms with Gasteiger partial charge in [0.1, 0.15) is 0 Å². The second-order valence-corrected chi connectivity index (χ2v) is 19.0. The van der Waals surface area contributed by atoms with Crippen LogP contribution in [0.4, 0.5) is 0 Å². The highest BCUT2D eigenvalue weighted by molar-refractivity contribution is 6.09. The van der Waals surface area contributed by atoms with Gasteiger partial charge < -0.3 is 4.57 Å². The smallest absolute Gasteiger partial charge is 0.0728 e. The predicted octanol–water partition coefficient (Wildman–Crippen LogP) is 17.4. The molecular formula is C68H47N. The van der Waals surface area contributed by atoms with Crippen molar-refractivity contribution in [3.8, 4) is 50.2 Å². The molecule has 0 amide bonds. The number of hydrogen-bond acceptors (Lipinski definition) is 0. The first-order chi connectivity index (χ1) is 34.2. The number of aromatic nitrogens is 1. The number of fused-ring (bicyclic) bond motifs is 14. The minimum Gasteiger partial charge on any atom is -0.309 e. The number of aryl methyl sites for hydroxylation is 1. The normalized spacial score (nSPS) is 13.4. The number of nitrogens with zero attached hydrogens (tertiary/aromatic N) is 1. The minimum atomic E-state index is -0.371. The van der Waals surface area contributed by atoms with Crippen molar-refractivity contribution < 1.29 is 0 Å². The Hall–Kier alpha value is -8.52. The second kappa shape index (κ2) is 15.8. The molecule has 14 rings (SSSR count). The molecule has 2 aliphatic carbocycles. The minimum absolute atomic E-state index is 0.178. The molecule has 0 fully saturated rings. The van der Waals surface area contributed by atoms with Crippen LogP contribution < -0.4 is 0 Å². The van der Waals surface area contributed by atoms with Crippen LogP contribution in [0, 0.1) is 0 Å². The van der Waals surface area contributed by atoms with Gasteiger partial charge in [-0.25, -0.2) is 0 Å². The van der Waals surface area contributed by atoms with E-state index in [2.05, 4.69) is 259 Å². The van der Waals surface area contributed by atoms with Crippen molar-refractivity contribution in [3.63, 3.8) is 0 Å².